The Balaban J connectivity index is 2.05. The Hall–Kier alpha value is -1.56. The molecule has 0 radical (unpaired) electrons. The van der Waals surface area contributed by atoms with Gasteiger partial charge in [-0.05, 0) is 43.1 Å². The zero-order valence-electron chi connectivity index (χ0n) is 14.1. The minimum atomic E-state index is 0.198. The number of aliphatic hydroxyl groups excluding tert-OH is 1. The molecule has 2 rings (SSSR count). The van der Waals surface area contributed by atoms with Crippen LogP contribution < -0.4 is 14.8 Å². The summed E-state index contributed by atoms with van der Waals surface area (Å²) >= 11 is 3.59. The van der Waals surface area contributed by atoms with Gasteiger partial charge in [0.25, 0.3) is 0 Å². The number of methoxy groups -OCH3 is 1. The third-order valence-electron chi connectivity index (χ3n) is 3.64. The van der Waals surface area contributed by atoms with E-state index >= 15 is 0 Å². The standard InChI is InChI=1S/C19H24BrNO3/c1-14-5-3-6-15(9-14)13-24-19-11-17(20)16(10-18(19)23-2)12-21-7-4-8-22/h3,5-6,9-11,21-22H,4,7-8,12-13H2,1-2H3. The molecule has 0 aliphatic heterocycles. The summed E-state index contributed by atoms with van der Waals surface area (Å²) in [6, 6.07) is 12.2. The predicted molar refractivity (Wildman–Crippen MR) is 99.6 cm³/mol. The van der Waals surface area contributed by atoms with E-state index in [4.69, 9.17) is 14.6 Å². The highest BCUT2D eigenvalue weighted by molar-refractivity contribution is 9.10. The average Bonchev–Trinajstić information content (AvgIpc) is 2.58. The van der Waals surface area contributed by atoms with Crippen LogP contribution in [0.15, 0.2) is 40.9 Å². The Morgan fingerprint density at radius 3 is 2.71 bits per heavy atom. The van der Waals surface area contributed by atoms with Gasteiger partial charge in [-0.15, -0.1) is 0 Å². The minimum Gasteiger partial charge on any atom is -0.493 e. The fourth-order valence-electron chi connectivity index (χ4n) is 2.38. The van der Waals surface area contributed by atoms with Gasteiger partial charge in [0.05, 0.1) is 7.11 Å². The van der Waals surface area contributed by atoms with Gasteiger partial charge in [-0.1, -0.05) is 45.8 Å². The quantitative estimate of drug-likeness (QED) is 0.635. The highest BCUT2D eigenvalue weighted by atomic mass is 79.9. The lowest BCUT2D eigenvalue weighted by molar-refractivity contribution is 0.283. The van der Waals surface area contributed by atoms with E-state index in [1.54, 1.807) is 7.11 Å². The van der Waals surface area contributed by atoms with Gasteiger partial charge < -0.3 is 19.9 Å². The number of aliphatic hydroxyl groups is 1. The van der Waals surface area contributed by atoms with Crippen molar-refractivity contribution in [2.24, 2.45) is 0 Å². The highest BCUT2D eigenvalue weighted by Crippen LogP contribution is 2.34. The van der Waals surface area contributed by atoms with Gasteiger partial charge in [-0.25, -0.2) is 0 Å². The number of aryl methyl sites for hydroxylation is 1. The SMILES string of the molecule is COc1cc(CNCCCO)c(Br)cc1OCc1cccc(C)c1. The number of hydrogen-bond acceptors (Lipinski definition) is 4. The first kappa shape index (κ1) is 18.8. The van der Waals surface area contributed by atoms with Crippen molar-refractivity contribution in [1.29, 1.82) is 0 Å². The first-order chi connectivity index (χ1) is 11.6. The van der Waals surface area contributed by atoms with Gasteiger partial charge in [0.15, 0.2) is 11.5 Å². The fourth-order valence-corrected chi connectivity index (χ4v) is 2.84. The van der Waals surface area contributed by atoms with E-state index in [1.165, 1.54) is 5.56 Å². The Morgan fingerprint density at radius 2 is 2.00 bits per heavy atom. The lowest BCUT2D eigenvalue weighted by Crippen LogP contribution is -2.16. The van der Waals surface area contributed by atoms with Gasteiger partial charge in [0.1, 0.15) is 6.61 Å². The zero-order chi connectivity index (χ0) is 17.4. The minimum absolute atomic E-state index is 0.198. The first-order valence-electron chi connectivity index (χ1n) is 8.00. The summed E-state index contributed by atoms with van der Waals surface area (Å²) in [6.07, 6.45) is 0.743. The van der Waals surface area contributed by atoms with E-state index in [2.05, 4.69) is 40.3 Å². The second kappa shape index (κ2) is 9.67. The molecule has 0 bridgehead atoms. The molecule has 130 valence electrons. The molecule has 0 atom stereocenters. The van der Waals surface area contributed by atoms with Gasteiger partial charge in [-0.2, -0.15) is 0 Å². The summed E-state index contributed by atoms with van der Waals surface area (Å²) in [4.78, 5) is 0. The summed E-state index contributed by atoms with van der Waals surface area (Å²) < 4.78 is 12.4. The molecule has 2 aromatic carbocycles. The third-order valence-corrected chi connectivity index (χ3v) is 4.37. The molecule has 0 aliphatic carbocycles. The number of hydrogen-bond donors (Lipinski definition) is 2. The second-order valence-electron chi connectivity index (χ2n) is 5.63. The normalized spacial score (nSPS) is 10.7. The van der Waals surface area contributed by atoms with Crippen molar-refractivity contribution < 1.29 is 14.6 Å². The lowest BCUT2D eigenvalue weighted by atomic mass is 10.1. The van der Waals surface area contributed by atoms with E-state index in [1.807, 2.05) is 24.3 Å². The van der Waals surface area contributed by atoms with Crippen LogP contribution in [-0.2, 0) is 13.2 Å². The van der Waals surface area contributed by atoms with Crippen molar-refractivity contribution in [3.63, 3.8) is 0 Å². The molecule has 0 unspecified atom stereocenters. The number of ether oxygens (including phenoxy) is 2. The maximum Gasteiger partial charge on any atom is 0.162 e. The fraction of sp³-hybridized carbons (Fsp3) is 0.368. The molecule has 0 fully saturated rings. The van der Waals surface area contributed by atoms with Crippen LogP contribution in [0.5, 0.6) is 11.5 Å². The van der Waals surface area contributed by atoms with Gasteiger partial charge in [0.2, 0.25) is 0 Å². The summed E-state index contributed by atoms with van der Waals surface area (Å²) in [6.45, 7) is 4.24. The highest BCUT2D eigenvalue weighted by Gasteiger charge is 2.10. The van der Waals surface area contributed by atoms with E-state index < -0.39 is 0 Å². The molecule has 2 aromatic rings. The summed E-state index contributed by atoms with van der Waals surface area (Å²) in [7, 11) is 1.64. The van der Waals surface area contributed by atoms with Crippen LogP contribution in [0, 0.1) is 6.92 Å². The zero-order valence-corrected chi connectivity index (χ0v) is 15.7. The number of nitrogens with one attached hydrogen (secondary N) is 1. The van der Waals surface area contributed by atoms with E-state index in [-0.39, 0.29) is 6.61 Å². The second-order valence-corrected chi connectivity index (χ2v) is 6.48. The Bertz CT molecular complexity index is 661. The summed E-state index contributed by atoms with van der Waals surface area (Å²) in [5, 5.41) is 12.1. The molecular weight excluding hydrogens is 370 g/mol. The molecule has 24 heavy (non-hydrogen) atoms. The predicted octanol–water partition coefficient (Wildman–Crippen LogP) is 3.82. The van der Waals surface area contributed by atoms with Crippen LogP contribution in [0.25, 0.3) is 0 Å². The number of rotatable bonds is 9. The van der Waals surface area contributed by atoms with Crippen LogP contribution in [0.3, 0.4) is 0 Å². The monoisotopic (exact) mass is 393 g/mol. The Labute approximate surface area is 151 Å². The molecule has 0 aliphatic rings. The topological polar surface area (TPSA) is 50.7 Å². The van der Waals surface area contributed by atoms with Crippen LogP contribution in [-0.4, -0.2) is 25.4 Å². The average molecular weight is 394 g/mol. The van der Waals surface area contributed by atoms with Crippen molar-refractivity contribution in [2.45, 2.75) is 26.5 Å². The number of benzene rings is 2. The Morgan fingerprint density at radius 1 is 1.17 bits per heavy atom. The molecule has 0 heterocycles. The van der Waals surface area contributed by atoms with Crippen LogP contribution in [0.2, 0.25) is 0 Å². The molecule has 4 nitrogen and oxygen atoms in total. The van der Waals surface area contributed by atoms with Gasteiger partial charge >= 0.3 is 0 Å². The molecule has 0 spiro atoms. The molecule has 5 heteroatoms. The number of halogens is 1. The molecule has 0 saturated carbocycles. The van der Waals surface area contributed by atoms with Crippen molar-refractivity contribution in [1.82, 2.24) is 5.32 Å². The molecule has 0 amide bonds. The van der Waals surface area contributed by atoms with E-state index in [0.717, 1.165) is 28.6 Å². The van der Waals surface area contributed by atoms with Crippen molar-refractivity contribution in [2.75, 3.05) is 20.3 Å². The molecule has 0 saturated heterocycles. The largest absolute Gasteiger partial charge is 0.493 e. The molecule has 0 aromatic heterocycles. The lowest BCUT2D eigenvalue weighted by Gasteiger charge is -2.14. The Kier molecular flexibility index (Phi) is 7.56. The van der Waals surface area contributed by atoms with Crippen molar-refractivity contribution in [3.05, 3.63) is 57.6 Å². The smallest absolute Gasteiger partial charge is 0.162 e. The summed E-state index contributed by atoms with van der Waals surface area (Å²) in [5.74, 6) is 1.43. The molecular formula is C19H24BrNO3. The third kappa shape index (κ3) is 5.51. The van der Waals surface area contributed by atoms with Gasteiger partial charge in [0, 0.05) is 17.6 Å². The molecule has 2 N–H and O–H groups in total. The van der Waals surface area contributed by atoms with Crippen molar-refractivity contribution in [3.8, 4) is 11.5 Å². The maximum atomic E-state index is 8.82. The summed E-state index contributed by atoms with van der Waals surface area (Å²) in [5.41, 5.74) is 3.43. The van der Waals surface area contributed by atoms with Crippen LogP contribution in [0.4, 0.5) is 0 Å². The van der Waals surface area contributed by atoms with E-state index in [0.29, 0.717) is 24.7 Å². The van der Waals surface area contributed by atoms with Crippen LogP contribution >= 0.6 is 15.9 Å². The van der Waals surface area contributed by atoms with Gasteiger partial charge in [-0.3, -0.25) is 0 Å². The van der Waals surface area contributed by atoms with E-state index in [9.17, 15) is 0 Å². The van der Waals surface area contributed by atoms with Crippen molar-refractivity contribution >= 4 is 15.9 Å². The first-order valence-corrected chi connectivity index (χ1v) is 8.79. The maximum absolute atomic E-state index is 8.82. The van der Waals surface area contributed by atoms with Crippen LogP contribution in [0.1, 0.15) is 23.1 Å².